The maximum atomic E-state index is 6.88. The second-order valence-electron chi connectivity index (χ2n) is 8.37. The zero-order chi connectivity index (χ0) is 17.6. The molecule has 0 atom stereocenters. The molecular weight excluding hydrogens is 324 g/mol. The molecule has 0 nitrogen and oxygen atoms in total. The highest BCUT2D eigenvalue weighted by atomic mass is 35.5. The minimum absolute atomic E-state index is 0.0184. The fourth-order valence-corrected chi connectivity index (χ4v) is 5.39. The van der Waals surface area contributed by atoms with Crippen LogP contribution in [0.4, 0.5) is 0 Å². The molecule has 0 fully saturated rings. The molecule has 0 saturated heterocycles. The van der Waals surface area contributed by atoms with Crippen molar-refractivity contribution in [2.75, 3.05) is 0 Å². The second kappa shape index (κ2) is 4.56. The number of fused-ring (bicyclic) bond motifs is 7. The molecule has 25 heavy (non-hydrogen) atoms. The fourth-order valence-electron chi connectivity index (χ4n) is 5.08. The van der Waals surface area contributed by atoms with Crippen LogP contribution in [0, 0.1) is 0 Å². The Balaban J connectivity index is 1.99. The lowest BCUT2D eigenvalue weighted by molar-refractivity contribution is 0.647. The zero-order valence-electron chi connectivity index (χ0n) is 15.1. The van der Waals surface area contributed by atoms with E-state index in [1.807, 2.05) is 0 Å². The molecule has 3 aromatic carbocycles. The lowest BCUT2D eigenvalue weighted by Gasteiger charge is -2.26. The van der Waals surface area contributed by atoms with Crippen LogP contribution in [0.2, 0.25) is 5.02 Å². The van der Waals surface area contributed by atoms with E-state index in [0.29, 0.717) is 0 Å². The van der Waals surface area contributed by atoms with Gasteiger partial charge in [-0.1, -0.05) is 87.8 Å². The molecule has 0 bridgehead atoms. The van der Waals surface area contributed by atoms with Crippen molar-refractivity contribution in [2.24, 2.45) is 0 Å². The smallest absolute Gasteiger partial charge is 0.0491 e. The number of rotatable bonds is 0. The van der Waals surface area contributed by atoms with E-state index in [2.05, 4.69) is 82.3 Å². The van der Waals surface area contributed by atoms with Crippen molar-refractivity contribution in [2.45, 2.75) is 38.5 Å². The van der Waals surface area contributed by atoms with Crippen molar-refractivity contribution in [1.29, 1.82) is 0 Å². The summed E-state index contributed by atoms with van der Waals surface area (Å²) < 4.78 is 0. The summed E-state index contributed by atoms with van der Waals surface area (Å²) >= 11 is 6.88. The highest BCUT2D eigenvalue weighted by Gasteiger charge is 2.45. The highest BCUT2D eigenvalue weighted by Crippen LogP contribution is 2.60. The summed E-state index contributed by atoms with van der Waals surface area (Å²) in [4.78, 5) is 0. The van der Waals surface area contributed by atoms with Crippen molar-refractivity contribution in [1.82, 2.24) is 0 Å². The molecule has 0 unspecified atom stereocenters. The summed E-state index contributed by atoms with van der Waals surface area (Å²) in [5.74, 6) is 0. The van der Waals surface area contributed by atoms with Gasteiger partial charge >= 0.3 is 0 Å². The Morgan fingerprint density at radius 2 is 1.16 bits per heavy atom. The molecule has 0 heterocycles. The van der Waals surface area contributed by atoms with Gasteiger partial charge in [0, 0.05) is 21.4 Å². The Kier molecular flexibility index (Phi) is 2.78. The van der Waals surface area contributed by atoms with E-state index < -0.39 is 0 Å². The van der Waals surface area contributed by atoms with Gasteiger partial charge in [0.25, 0.3) is 0 Å². The summed E-state index contributed by atoms with van der Waals surface area (Å²) in [6.45, 7) is 9.30. The van der Waals surface area contributed by atoms with Gasteiger partial charge in [-0.15, -0.1) is 0 Å². The molecule has 2 aliphatic rings. The first-order valence-electron chi connectivity index (χ1n) is 8.92. The molecule has 5 rings (SSSR count). The molecule has 0 amide bonds. The molecule has 0 N–H and O–H groups in total. The zero-order valence-corrected chi connectivity index (χ0v) is 15.8. The molecule has 0 aliphatic heterocycles. The lowest BCUT2D eigenvalue weighted by Crippen LogP contribution is -2.18. The predicted molar refractivity (Wildman–Crippen MR) is 107 cm³/mol. The van der Waals surface area contributed by atoms with Crippen LogP contribution in [-0.2, 0) is 10.8 Å². The molecule has 2 aliphatic carbocycles. The number of hydrogen-bond acceptors (Lipinski definition) is 0. The Morgan fingerprint density at radius 3 is 1.80 bits per heavy atom. The highest BCUT2D eigenvalue weighted by molar-refractivity contribution is 6.34. The van der Waals surface area contributed by atoms with Crippen molar-refractivity contribution in [3.05, 3.63) is 81.9 Å². The molecular formula is C24H21Cl. The van der Waals surface area contributed by atoms with Gasteiger partial charge in [0.15, 0.2) is 0 Å². The summed E-state index contributed by atoms with van der Waals surface area (Å²) in [5.41, 5.74) is 10.8. The lowest BCUT2D eigenvalue weighted by atomic mass is 9.77. The van der Waals surface area contributed by atoms with E-state index >= 15 is 0 Å². The third-order valence-corrected chi connectivity index (χ3v) is 6.62. The number of halogens is 1. The molecule has 0 radical (unpaired) electrons. The van der Waals surface area contributed by atoms with Gasteiger partial charge in [-0.05, 0) is 45.0 Å². The molecule has 3 aromatic rings. The van der Waals surface area contributed by atoms with Crippen LogP contribution < -0.4 is 0 Å². The second-order valence-corrected chi connectivity index (χ2v) is 8.78. The van der Waals surface area contributed by atoms with Gasteiger partial charge in [-0.25, -0.2) is 0 Å². The van der Waals surface area contributed by atoms with Crippen LogP contribution >= 0.6 is 11.6 Å². The Hall–Kier alpha value is -2.05. The average molecular weight is 345 g/mol. The first-order valence-corrected chi connectivity index (χ1v) is 9.30. The van der Waals surface area contributed by atoms with Gasteiger partial charge in [-0.3, -0.25) is 0 Å². The monoisotopic (exact) mass is 344 g/mol. The van der Waals surface area contributed by atoms with Gasteiger partial charge in [-0.2, -0.15) is 0 Å². The van der Waals surface area contributed by atoms with E-state index in [1.165, 1.54) is 44.5 Å². The Bertz CT molecular complexity index is 1050. The quantitative estimate of drug-likeness (QED) is 0.413. The minimum atomic E-state index is -0.0472. The normalized spacial score (nSPS) is 17.6. The van der Waals surface area contributed by atoms with E-state index in [9.17, 15) is 0 Å². The van der Waals surface area contributed by atoms with E-state index in [1.54, 1.807) is 0 Å². The standard InChI is InChI=1S/C24H21Cl/c1-23(2)16-11-7-5-9-14(16)20-18(23)13-19(25)21-15-10-6-8-12-17(15)24(3,4)22(20)21/h5-13H,1-4H3. The van der Waals surface area contributed by atoms with Crippen LogP contribution in [0.15, 0.2) is 54.6 Å². The summed E-state index contributed by atoms with van der Waals surface area (Å²) in [5, 5.41) is 0.882. The molecule has 0 saturated carbocycles. The Morgan fingerprint density at radius 1 is 0.640 bits per heavy atom. The van der Waals surface area contributed by atoms with E-state index in [0.717, 1.165) is 5.02 Å². The summed E-state index contributed by atoms with van der Waals surface area (Å²) in [7, 11) is 0. The van der Waals surface area contributed by atoms with Crippen molar-refractivity contribution >= 4 is 11.6 Å². The van der Waals surface area contributed by atoms with Crippen LogP contribution in [0.25, 0.3) is 22.3 Å². The Labute approximate surface area is 154 Å². The largest absolute Gasteiger partial charge is 0.0836 e. The first kappa shape index (κ1) is 15.2. The maximum Gasteiger partial charge on any atom is 0.0491 e. The molecule has 1 heteroatoms. The topological polar surface area (TPSA) is 0 Å². The summed E-state index contributed by atoms with van der Waals surface area (Å²) in [6.07, 6.45) is 0. The summed E-state index contributed by atoms with van der Waals surface area (Å²) in [6, 6.07) is 19.8. The van der Waals surface area contributed by atoms with Gasteiger partial charge in [0.05, 0.1) is 0 Å². The van der Waals surface area contributed by atoms with E-state index in [-0.39, 0.29) is 10.8 Å². The minimum Gasteiger partial charge on any atom is -0.0836 e. The van der Waals surface area contributed by atoms with Gasteiger partial charge in [0.1, 0.15) is 0 Å². The van der Waals surface area contributed by atoms with E-state index in [4.69, 9.17) is 11.6 Å². The van der Waals surface area contributed by atoms with Crippen LogP contribution in [0.3, 0.4) is 0 Å². The number of benzene rings is 3. The van der Waals surface area contributed by atoms with Gasteiger partial charge in [0.2, 0.25) is 0 Å². The van der Waals surface area contributed by atoms with Crippen molar-refractivity contribution < 1.29 is 0 Å². The first-order chi connectivity index (χ1) is 11.8. The SMILES string of the molecule is CC1(C)c2ccccc2-c2c1cc(Cl)c1c2C(C)(C)c2ccccc2-1. The maximum absolute atomic E-state index is 6.88. The third kappa shape index (κ3) is 1.69. The average Bonchev–Trinajstić information content (AvgIpc) is 2.96. The molecule has 0 aromatic heterocycles. The third-order valence-electron chi connectivity index (χ3n) is 6.32. The van der Waals surface area contributed by atoms with Crippen LogP contribution in [0.1, 0.15) is 49.9 Å². The van der Waals surface area contributed by atoms with Gasteiger partial charge < -0.3 is 0 Å². The van der Waals surface area contributed by atoms with Crippen LogP contribution in [0.5, 0.6) is 0 Å². The van der Waals surface area contributed by atoms with Crippen molar-refractivity contribution in [3.8, 4) is 22.3 Å². The predicted octanol–water partition coefficient (Wildman–Crippen LogP) is 6.95. The number of hydrogen-bond donors (Lipinski definition) is 0. The molecule has 124 valence electrons. The molecule has 0 spiro atoms. The fraction of sp³-hybridized carbons (Fsp3) is 0.250. The van der Waals surface area contributed by atoms with Crippen LogP contribution in [-0.4, -0.2) is 0 Å². The van der Waals surface area contributed by atoms with Crippen molar-refractivity contribution in [3.63, 3.8) is 0 Å².